The number of hydrogen-bond donors (Lipinski definition) is 0. The molecule has 0 aromatic rings. The molecule has 1 fully saturated rings. The molecule has 0 bridgehead atoms. The fourth-order valence-corrected chi connectivity index (χ4v) is 1.62. The summed E-state index contributed by atoms with van der Waals surface area (Å²) >= 11 is 0. The van der Waals surface area contributed by atoms with Gasteiger partial charge in [-0.2, -0.15) is 0 Å². The first kappa shape index (κ1) is 9.52. The lowest BCUT2D eigenvalue weighted by molar-refractivity contribution is 0.00538. The number of rotatable bonds is 4. The monoisotopic (exact) mass is 171 g/mol. The molecule has 1 aliphatic rings. The Kier molecular flexibility index (Phi) is 4.08. The number of carbonyl (C=O) groups excluding carboxylic acids is 1. The average Bonchev–Trinajstić information content (AvgIpc) is 2.09. The maximum atomic E-state index is 9.90. The molecule has 0 saturated heterocycles. The average molecular weight is 171 g/mol. The van der Waals surface area contributed by atoms with E-state index in [0.717, 1.165) is 32.3 Å². The van der Waals surface area contributed by atoms with E-state index >= 15 is 0 Å². The third-order valence-corrected chi connectivity index (χ3v) is 2.24. The minimum absolute atomic E-state index is 0.0826. The highest BCUT2D eigenvalue weighted by Gasteiger charge is 2.21. The van der Waals surface area contributed by atoms with Crippen LogP contribution in [0.15, 0.2) is 0 Å². The van der Waals surface area contributed by atoms with Crippen molar-refractivity contribution in [2.75, 3.05) is 6.61 Å². The van der Waals surface area contributed by atoms with Crippen molar-refractivity contribution < 1.29 is 14.3 Å². The lowest BCUT2D eigenvalue weighted by Gasteiger charge is -2.26. The second kappa shape index (κ2) is 5.14. The van der Waals surface area contributed by atoms with E-state index in [0.29, 0.717) is 6.10 Å². The van der Waals surface area contributed by atoms with Crippen LogP contribution < -0.4 is 0 Å². The van der Waals surface area contributed by atoms with Crippen LogP contribution in [0.3, 0.4) is 0 Å². The molecule has 1 radical (unpaired) electrons. The molecule has 3 nitrogen and oxygen atoms in total. The lowest BCUT2D eigenvalue weighted by Crippen LogP contribution is -2.26. The van der Waals surface area contributed by atoms with Gasteiger partial charge in [0.25, 0.3) is 0 Å². The summed E-state index contributed by atoms with van der Waals surface area (Å²) in [4.78, 5) is 9.90. The van der Waals surface area contributed by atoms with Crippen LogP contribution in [0.25, 0.3) is 0 Å². The van der Waals surface area contributed by atoms with Crippen molar-refractivity contribution in [1.82, 2.24) is 0 Å². The van der Waals surface area contributed by atoms with E-state index in [2.05, 4.69) is 0 Å². The molecule has 0 amide bonds. The van der Waals surface area contributed by atoms with Gasteiger partial charge in [0.2, 0.25) is 0 Å². The van der Waals surface area contributed by atoms with E-state index in [9.17, 15) is 4.79 Å². The molecule has 0 N–H and O–H groups in total. The zero-order valence-electron chi connectivity index (χ0n) is 7.41. The smallest absolute Gasteiger partial charge is 0.417 e. The molecule has 0 heterocycles. The summed E-state index contributed by atoms with van der Waals surface area (Å²) in [6, 6.07) is 0. The van der Waals surface area contributed by atoms with Crippen molar-refractivity contribution in [3.63, 3.8) is 0 Å². The second-order valence-electron chi connectivity index (χ2n) is 3.06. The van der Waals surface area contributed by atoms with Crippen LogP contribution >= 0.6 is 0 Å². The summed E-state index contributed by atoms with van der Waals surface area (Å²) in [6.07, 6.45) is 4.29. The molecule has 0 atom stereocenters. The molecule has 12 heavy (non-hydrogen) atoms. The Labute approximate surface area is 73.0 Å². The van der Waals surface area contributed by atoms with E-state index in [1.807, 2.05) is 6.92 Å². The van der Waals surface area contributed by atoms with Crippen LogP contribution in [0, 0.1) is 0 Å². The Hall–Kier alpha value is -0.570. The van der Waals surface area contributed by atoms with Gasteiger partial charge in [0.05, 0.1) is 6.10 Å². The number of ether oxygens (including phenoxy) is 2. The molecule has 0 spiro atoms. The molecule has 1 rings (SSSR count). The van der Waals surface area contributed by atoms with Crippen LogP contribution in [-0.2, 0) is 14.3 Å². The van der Waals surface area contributed by atoms with Crippen LogP contribution in [0.4, 0.5) is 0 Å². The molecule has 1 saturated carbocycles. The normalized spacial score (nSPS) is 29.8. The Morgan fingerprint density at radius 3 is 2.33 bits per heavy atom. The molecular weight excluding hydrogens is 156 g/mol. The molecule has 0 aliphatic heterocycles. The molecular formula is C9H15O3. The minimum Gasteiger partial charge on any atom is -0.454 e. The first-order valence-corrected chi connectivity index (χ1v) is 4.51. The summed E-state index contributed by atoms with van der Waals surface area (Å²) in [5, 5.41) is 0. The van der Waals surface area contributed by atoms with E-state index in [4.69, 9.17) is 9.47 Å². The molecule has 0 aromatic carbocycles. The van der Waals surface area contributed by atoms with E-state index in [1.54, 1.807) is 0 Å². The standard InChI is InChI=1S/C9H15O3/c1-2-11-8-3-5-9(6-4-8)12-7-10/h8-9H,2-6H2,1H3. The van der Waals surface area contributed by atoms with Crippen LogP contribution in [-0.4, -0.2) is 25.3 Å². The van der Waals surface area contributed by atoms with Gasteiger partial charge >= 0.3 is 6.47 Å². The van der Waals surface area contributed by atoms with Gasteiger partial charge in [0, 0.05) is 6.61 Å². The van der Waals surface area contributed by atoms with E-state index in [1.165, 1.54) is 6.47 Å². The fraction of sp³-hybridized carbons (Fsp3) is 0.889. The van der Waals surface area contributed by atoms with Crippen LogP contribution in [0.2, 0.25) is 0 Å². The lowest BCUT2D eigenvalue weighted by atomic mass is 9.95. The Balaban J connectivity index is 2.15. The van der Waals surface area contributed by atoms with Gasteiger partial charge in [-0.1, -0.05) is 0 Å². The Bertz CT molecular complexity index is 128. The summed E-state index contributed by atoms with van der Waals surface area (Å²) in [6.45, 7) is 4.27. The second-order valence-corrected chi connectivity index (χ2v) is 3.06. The predicted octanol–water partition coefficient (Wildman–Crippen LogP) is 1.42. The first-order chi connectivity index (χ1) is 5.86. The van der Waals surface area contributed by atoms with Crippen LogP contribution in [0.1, 0.15) is 32.6 Å². The van der Waals surface area contributed by atoms with Gasteiger partial charge in [0.1, 0.15) is 6.10 Å². The zero-order chi connectivity index (χ0) is 8.81. The zero-order valence-corrected chi connectivity index (χ0v) is 7.41. The predicted molar refractivity (Wildman–Crippen MR) is 44.4 cm³/mol. The minimum atomic E-state index is 0.0826. The highest BCUT2D eigenvalue weighted by molar-refractivity contribution is 5.38. The molecule has 69 valence electrons. The first-order valence-electron chi connectivity index (χ1n) is 4.51. The van der Waals surface area contributed by atoms with Gasteiger partial charge in [-0.05, 0) is 32.6 Å². The third-order valence-electron chi connectivity index (χ3n) is 2.24. The maximum Gasteiger partial charge on any atom is 0.417 e. The summed E-state index contributed by atoms with van der Waals surface area (Å²) in [5.74, 6) is 0. The fourth-order valence-electron chi connectivity index (χ4n) is 1.62. The summed E-state index contributed by atoms with van der Waals surface area (Å²) < 4.78 is 10.2. The molecule has 0 unspecified atom stereocenters. The van der Waals surface area contributed by atoms with Crippen molar-refractivity contribution in [1.29, 1.82) is 0 Å². The highest BCUT2D eigenvalue weighted by atomic mass is 16.5. The van der Waals surface area contributed by atoms with E-state index in [-0.39, 0.29) is 6.10 Å². The number of hydrogen-bond acceptors (Lipinski definition) is 3. The van der Waals surface area contributed by atoms with Crippen molar-refractivity contribution in [3.8, 4) is 0 Å². The highest BCUT2D eigenvalue weighted by Crippen LogP contribution is 2.22. The van der Waals surface area contributed by atoms with Gasteiger partial charge in [-0.3, -0.25) is 0 Å². The van der Waals surface area contributed by atoms with Crippen molar-refractivity contribution in [2.24, 2.45) is 0 Å². The Morgan fingerprint density at radius 2 is 1.83 bits per heavy atom. The molecule has 3 heteroatoms. The van der Waals surface area contributed by atoms with E-state index < -0.39 is 0 Å². The van der Waals surface area contributed by atoms with Crippen LogP contribution in [0.5, 0.6) is 0 Å². The quantitative estimate of drug-likeness (QED) is 0.641. The largest absolute Gasteiger partial charge is 0.454 e. The van der Waals surface area contributed by atoms with Crippen molar-refractivity contribution in [2.45, 2.75) is 44.8 Å². The van der Waals surface area contributed by atoms with Gasteiger partial charge in [0.15, 0.2) is 0 Å². The molecule has 1 aliphatic carbocycles. The SMILES string of the molecule is CCOC1CCC(O[C]=O)CC1. The van der Waals surface area contributed by atoms with Gasteiger partial charge < -0.3 is 9.47 Å². The summed E-state index contributed by atoms with van der Waals surface area (Å²) in [5.41, 5.74) is 0. The van der Waals surface area contributed by atoms with Crippen molar-refractivity contribution >= 4 is 6.47 Å². The van der Waals surface area contributed by atoms with Gasteiger partial charge in [-0.25, -0.2) is 4.79 Å². The van der Waals surface area contributed by atoms with Crippen molar-refractivity contribution in [3.05, 3.63) is 0 Å². The summed E-state index contributed by atoms with van der Waals surface area (Å²) in [7, 11) is 0. The molecule has 0 aromatic heterocycles. The third kappa shape index (κ3) is 2.81. The Morgan fingerprint density at radius 1 is 1.25 bits per heavy atom. The topological polar surface area (TPSA) is 35.5 Å². The van der Waals surface area contributed by atoms with Gasteiger partial charge in [-0.15, -0.1) is 0 Å². The maximum absolute atomic E-state index is 9.90.